The first kappa shape index (κ1) is 20.5. The van der Waals surface area contributed by atoms with E-state index in [1.807, 2.05) is 19.1 Å². The Labute approximate surface area is 167 Å². The molecule has 0 bridgehead atoms. The Morgan fingerprint density at radius 3 is 2.25 bits per heavy atom. The molecule has 1 saturated heterocycles. The van der Waals surface area contributed by atoms with Crippen molar-refractivity contribution in [3.8, 4) is 5.75 Å². The second-order valence-electron chi connectivity index (χ2n) is 7.05. The monoisotopic (exact) mass is 404 g/mol. The van der Waals surface area contributed by atoms with Gasteiger partial charge in [-0.2, -0.15) is 4.31 Å². The van der Waals surface area contributed by atoms with E-state index in [2.05, 4.69) is 28.9 Å². The minimum absolute atomic E-state index is 0.477. The van der Waals surface area contributed by atoms with Gasteiger partial charge in [-0.15, -0.1) is 0 Å². The number of aryl methyl sites for hydroxylation is 2. The van der Waals surface area contributed by atoms with Crippen LogP contribution in [0.2, 0.25) is 0 Å². The SMILES string of the molecule is CCc1nc(C)nc(N2CCN(S(C)(=O)=O)CC2)c1Cc1ccc(OC)cc1. The Hall–Kier alpha value is -2.19. The molecule has 0 atom stereocenters. The van der Waals surface area contributed by atoms with Gasteiger partial charge in [-0.05, 0) is 31.0 Å². The normalized spacial score (nSPS) is 15.6. The molecule has 3 rings (SSSR count). The van der Waals surface area contributed by atoms with Crippen LogP contribution in [0.15, 0.2) is 24.3 Å². The quantitative estimate of drug-likeness (QED) is 0.733. The molecule has 0 radical (unpaired) electrons. The van der Waals surface area contributed by atoms with Crippen LogP contribution in [0.1, 0.15) is 29.6 Å². The summed E-state index contributed by atoms with van der Waals surface area (Å²) in [6.45, 7) is 6.22. The van der Waals surface area contributed by atoms with Crippen molar-refractivity contribution in [2.45, 2.75) is 26.7 Å². The molecule has 152 valence electrons. The maximum atomic E-state index is 11.8. The summed E-state index contributed by atoms with van der Waals surface area (Å²) in [5.74, 6) is 2.50. The number of benzene rings is 1. The van der Waals surface area contributed by atoms with Gasteiger partial charge < -0.3 is 9.64 Å². The summed E-state index contributed by atoms with van der Waals surface area (Å²) in [7, 11) is -1.50. The third-order valence-electron chi connectivity index (χ3n) is 5.06. The minimum Gasteiger partial charge on any atom is -0.497 e. The molecule has 7 nitrogen and oxygen atoms in total. The molecule has 0 aliphatic carbocycles. The molecule has 0 amide bonds. The molecule has 2 heterocycles. The van der Waals surface area contributed by atoms with E-state index < -0.39 is 10.0 Å². The van der Waals surface area contributed by atoms with E-state index in [4.69, 9.17) is 9.72 Å². The van der Waals surface area contributed by atoms with Gasteiger partial charge in [0.15, 0.2) is 0 Å². The topological polar surface area (TPSA) is 75.6 Å². The van der Waals surface area contributed by atoms with Crippen LogP contribution in [0.5, 0.6) is 5.75 Å². The number of anilines is 1. The Morgan fingerprint density at radius 2 is 1.71 bits per heavy atom. The number of ether oxygens (including phenoxy) is 1. The molecule has 8 heteroatoms. The van der Waals surface area contributed by atoms with Crippen molar-refractivity contribution < 1.29 is 13.2 Å². The lowest BCUT2D eigenvalue weighted by Crippen LogP contribution is -2.49. The highest BCUT2D eigenvalue weighted by Gasteiger charge is 2.26. The van der Waals surface area contributed by atoms with Crippen molar-refractivity contribution in [3.05, 3.63) is 46.9 Å². The fourth-order valence-corrected chi connectivity index (χ4v) is 4.38. The summed E-state index contributed by atoms with van der Waals surface area (Å²) < 4.78 is 30.4. The predicted octanol–water partition coefficient (Wildman–Crippen LogP) is 2.03. The molecule has 28 heavy (non-hydrogen) atoms. The molecular weight excluding hydrogens is 376 g/mol. The highest BCUT2D eigenvalue weighted by atomic mass is 32.2. The first-order chi connectivity index (χ1) is 13.3. The van der Waals surface area contributed by atoms with Gasteiger partial charge in [-0.3, -0.25) is 0 Å². The lowest BCUT2D eigenvalue weighted by molar-refractivity contribution is 0.386. The van der Waals surface area contributed by atoms with Crippen molar-refractivity contribution in [1.29, 1.82) is 0 Å². The summed E-state index contributed by atoms with van der Waals surface area (Å²) in [5, 5.41) is 0. The fourth-order valence-electron chi connectivity index (χ4n) is 3.55. The summed E-state index contributed by atoms with van der Waals surface area (Å²) >= 11 is 0. The number of hydrogen-bond donors (Lipinski definition) is 0. The van der Waals surface area contributed by atoms with Crippen LogP contribution in [-0.4, -0.2) is 62.2 Å². The van der Waals surface area contributed by atoms with Gasteiger partial charge in [0, 0.05) is 43.9 Å². The zero-order chi connectivity index (χ0) is 20.3. The molecular formula is C20H28N4O3S. The number of sulfonamides is 1. The maximum Gasteiger partial charge on any atom is 0.211 e. The highest BCUT2D eigenvalue weighted by molar-refractivity contribution is 7.88. The highest BCUT2D eigenvalue weighted by Crippen LogP contribution is 2.27. The second kappa shape index (κ2) is 8.45. The number of hydrogen-bond acceptors (Lipinski definition) is 6. The van der Waals surface area contributed by atoms with Gasteiger partial charge in [0.05, 0.1) is 13.4 Å². The van der Waals surface area contributed by atoms with E-state index >= 15 is 0 Å². The molecule has 1 aliphatic rings. The molecule has 0 N–H and O–H groups in total. The Morgan fingerprint density at radius 1 is 1.07 bits per heavy atom. The van der Waals surface area contributed by atoms with E-state index in [0.717, 1.165) is 41.5 Å². The summed E-state index contributed by atoms with van der Waals surface area (Å²) in [4.78, 5) is 11.6. The molecule has 1 aromatic carbocycles. The summed E-state index contributed by atoms with van der Waals surface area (Å²) in [6.07, 6.45) is 2.82. The van der Waals surface area contributed by atoms with Gasteiger partial charge in [0.2, 0.25) is 10.0 Å². The van der Waals surface area contributed by atoms with Gasteiger partial charge >= 0.3 is 0 Å². The van der Waals surface area contributed by atoms with E-state index in [9.17, 15) is 8.42 Å². The largest absolute Gasteiger partial charge is 0.497 e. The molecule has 0 saturated carbocycles. The number of aromatic nitrogens is 2. The van der Waals surface area contributed by atoms with Crippen LogP contribution >= 0.6 is 0 Å². The van der Waals surface area contributed by atoms with Crippen LogP contribution in [0, 0.1) is 6.92 Å². The average molecular weight is 405 g/mol. The second-order valence-corrected chi connectivity index (χ2v) is 9.03. The van der Waals surface area contributed by atoms with Crippen LogP contribution in [-0.2, 0) is 22.9 Å². The number of rotatable bonds is 6. The van der Waals surface area contributed by atoms with Gasteiger partial charge in [-0.25, -0.2) is 18.4 Å². The van der Waals surface area contributed by atoms with E-state index in [1.54, 1.807) is 7.11 Å². The van der Waals surface area contributed by atoms with Crippen molar-refractivity contribution in [3.63, 3.8) is 0 Å². The molecule has 0 unspecified atom stereocenters. The summed E-state index contributed by atoms with van der Waals surface area (Å²) in [6, 6.07) is 8.04. The zero-order valence-corrected chi connectivity index (χ0v) is 17.8. The van der Waals surface area contributed by atoms with Crippen LogP contribution in [0.4, 0.5) is 5.82 Å². The van der Waals surface area contributed by atoms with E-state index in [0.29, 0.717) is 26.2 Å². The van der Waals surface area contributed by atoms with Crippen molar-refractivity contribution in [2.75, 3.05) is 44.4 Å². The Bertz CT molecular complexity index is 921. The number of nitrogens with zero attached hydrogens (tertiary/aromatic N) is 4. The standard InChI is InChI=1S/C20H28N4O3S/c1-5-19-18(14-16-6-8-17(27-3)9-7-16)20(22-15(2)21-19)23-10-12-24(13-11-23)28(4,25)26/h6-9H,5,10-14H2,1-4H3. The Balaban J connectivity index is 1.91. The number of methoxy groups -OCH3 is 1. The van der Waals surface area contributed by atoms with Gasteiger partial charge in [0.25, 0.3) is 0 Å². The first-order valence-corrected chi connectivity index (χ1v) is 11.4. The predicted molar refractivity (Wildman–Crippen MR) is 111 cm³/mol. The zero-order valence-electron chi connectivity index (χ0n) is 17.0. The number of piperazine rings is 1. The van der Waals surface area contributed by atoms with Crippen LogP contribution in [0.25, 0.3) is 0 Å². The third-order valence-corrected chi connectivity index (χ3v) is 6.37. The lowest BCUT2D eigenvalue weighted by Gasteiger charge is -2.35. The molecule has 2 aromatic rings. The van der Waals surface area contributed by atoms with Crippen molar-refractivity contribution >= 4 is 15.8 Å². The third kappa shape index (κ3) is 4.62. The van der Waals surface area contributed by atoms with E-state index in [1.165, 1.54) is 16.1 Å². The van der Waals surface area contributed by atoms with Gasteiger partial charge in [-0.1, -0.05) is 19.1 Å². The maximum absolute atomic E-state index is 11.8. The summed E-state index contributed by atoms with van der Waals surface area (Å²) in [5.41, 5.74) is 3.33. The molecule has 1 fully saturated rings. The van der Waals surface area contributed by atoms with E-state index in [-0.39, 0.29) is 0 Å². The Kier molecular flexibility index (Phi) is 6.20. The lowest BCUT2D eigenvalue weighted by atomic mass is 10.0. The minimum atomic E-state index is -3.16. The molecule has 1 aromatic heterocycles. The molecule has 1 aliphatic heterocycles. The molecule has 0 spiro atoms. The van der Waals surface area contributed by atoms with Crippen LogP contribution in [0.3, 0.4) is 0 Å². The average Bonchev–Trinajstić information content (AvgIpc) is 2.69. The first-order valence-electron chi connectivity index (χ1n) is 9.51. The van der Waals surface area contributed by atoms with Crippen molar-refractivity contribution in [1.82, 2.24) is 14.3 Å². The fraction of sp³-hybridized carbons (Fsp3) is 0.500. The van der Waals surface area contributed by atoms with Crippen molar-refractivity contribution in [2.24, 2.45) is 0 Å². The smallest absolute Gasteiger partial charge is 0.211 e. The van der Waals surface area contributed by atoms with Gasteiger partial charge in [0.1, 0.15) is 17.4 Å². The van der Waals surface area contributed by atoms with Crippen LogP contribution < -0.4 is 9.64 Å².